The highest BCUT2D eigenvalue weighted by atomic mass is 35.5. The summed E-state index contributed by atoms with van der Waals surface area (Å²) in [5.74, 6) is 0.716. The van der Waals surface area contributed by atoms with E-state index in [1.165, 1.54) is 12.1 Å². The van der Waals surface area contributed by atoms with Gasteiger partial charge in [-0.1, -0.05) is 29.3 Å². The van der Waals surface area contributed by atoms with Gasteiger partial charge in [0, 0.05) is 23.2 Å². The zero-order chi connectivity index (χ0) is 19.8. The number of methoxy groups -OCH3 is 1. The minimum absolute atomic E-state index is 0.188. The summed E-state index contributed by atoms with van der Waals surface area (Å²) in [6.07, 6.45) is 1.06. The molecule has 0 radical (unpaired) electrons. The van der Waals surface area contributed by atoms with Gasteiger partial charge < -0.3 is 19.7 Å². The van der Waals surface area contributed by atoms with E-state index in [1.54, 1.807) is 19.2 Å². The highest BCUT2D eigenvalue weighted by molar-refractivity contribution is 6.31. The molecule has 2 aromatic carbocycles. The smallest absolute Gasteiger partial charge is 0.163 e. The van der Waals surface area contributed by atoms with Crippen LogP contribution in [0.1, 0.15) is 17.5 Å². The zero-order valence-corrected chi connectivity index (χ0v) is 17.3. The van der Waals surface area contributed by atoms with Gasteiger partial charge in [0.25, 0.3) is 0 Å². The molecule has 0 amide bonds. The van der Waals surface area contributed by atoms with Gasteiger partial charge in [-0.25, -0.2) is 4.39 Å². The molecule has 0 bridgehead atoms. The maximum absolute atomic E-state index is 13.1. The van der Waals surface area contributed by atoms with Crippen LogP contribution in [-0.4, -0.2) is 39.2 Å². The monoisotopic (exact) mass is 414 g/mol. The fourth-order valence-electron chi connectivity index (χ4n) is 2.52. The normalized spacial score (nSPS) is 11.1. The summed E-state index contributed by atoms with van der Waals surface area (Å²) < 4.78 is 24.4. The van der Waals surface area contributed by atoms with Gasteiger partial charge in [-0.05, 0) is 57.4 Å². The van der Waals surface area contributed by atoms with Gasteiger partial charge in [0.05, 0.1) is 12.1 Å². The molecule has 0 aromatic heterocycles. The molecule has 4 nitrogen and oxygen atoms in total. The van der Waals surface area contributed by atoms with Crippen LogP contribution >= 0.6 is 23.2 Å². The molecule has 0 aliphatic carbocycles. The average molecular weight is 415 g/mol. The predicted octanol–water partition coefficient (Wildman–Crippen LogP) is 4.76. The molecule has 0 unspecified atom stereocenters. The Kier molecular flexibility index (Phi) is 8.64. The van der Waals surface area contributed by atoms with Crippen LogP contribution in [0.25, 0.3) is 0 Å². The molecule has 1 N–H and O–H groups in total. The molecule has 0 fully saturated rings. The zero-order valence-electron chi connectivity index (χ0n) is 15.8. The first-order chi connectivity index (χ1) is 12.9. The highest BCUT2D eigenvalue weighted by Crippen LogP contribution is 2.34. The lowest BCUT2D eigenvalue weighted by Crippen LogP contribution is -2.21. The number of halogens is 3. The van der Waals surface area contributed by atoms with Gasteiger partial charge in [-0.3, -0.25) is 0 Å². The average Bonchev–Trinajstić information content (AvgIpc) is 2.61. The van der Waals surface area contributed by atoms with Crippen LogP contribution in [0.3, 0.4) is 0 Å². The summed E-state index contributed by atoms with van der Waals surface area (Å²) in [4.78, 5) is 2.15. The van der Waals surface area contributed by atoms with Crippen molar-refractivity contribution >= 4 is 23.2 Å². The fourth-order valence-corrected chi connectivity index (χ4v) is 2.96. The summed E-state index contributed by atoms with van der Waals surface area (Å²) in [6.45, 7) is 2.77. The SMILES string of the molecule is COc1cc(CNCCCN(C)C)c(Cl)cc1OCc1ccc(F)cc1Cl. The van der Waals surface area contributed by atoms with Crippen molar-refractivity contribution in [1.82, 2.24) is 10.2 Å². The number of benzene rings is 2. The van der Waals surface area contributed by atoms with Crippen molar-refractivity contribution in [2.45, 2.75) is 19.6 Å². The molecule has 27 heavy (non-hydrogen) atoms. The standard InChI is InChI=1S/C20H25Cl2FN2O2/c1-25(2)8-4-7-24-12-15-9-19(26-3)20(11-18(15)22)27-13-14-5-6-16(23)10-17(14)21/h5-6,9-11,24H,4,7-8,12-13H2,1-3H3. The molecule has 2 rings (SSSR count). The summed E-state index contributed by atoms with van der Waals surface area (Å²) in [7, 11) is 5.69. The van der Waals surface area contributed by atoms with E-state index in [0.717, 1.165) is 25.1 Å². The molecule has 2 aromatic rings. The Hall–Kier alpha value is -1.53. The van der Waals surface area contributed by atoms with Gasteiger partial charge in [0.1, 0.15) is 12.4 Å². The van der Waals surface area contributed by atoms with Crippen molar-refractivity contribution in [2.24, 2.45) is 0 Å². The second-order valence-corrected chi connectivity index (χ2v) is 7.27. The Bertz CT molecular complexity index is 757. The highest BCUT2D eigenvalue weighted by Gasteiger charge is 2.12. The number of nitrogens with zero attached hydrogens (tertiary/aromatic N) is 1. The van der Waals surface area contributed by atoms with Gasteiger partial charge in [0.2, 0.25) is 0 Å². The fraction of sp³-hybridized carbons (Fsp3) is 0.400. The first-order valence-corrected chi connectivity index (χ1v) is 9.45. The Morgan fingerprint density at radius 1 is 1.04 bits per heavy atom. The van der Waals surface area contributed by atoms with Crippen molar-refractivity contribution in [3.8, 4) is 11.5 Å². The first-order valence-electron chi connectivity index (χ1n) is 8.69. The van der Waals surface area contributed by atoms with Crippen LogP contribution in [0.5, 0.6) is 11.5 Å². The second-order valence-electron chi connectivity index (χ2n) is 6.45. The Morgan fingerprint density at radius 2 is 1.78 bits per heavy atom. The molecule has 148 valence electrons. The molecular weight excluding hydrogens is 390 g/mol. The van der Waals surface area contributed by atoms with Crippen LogP contribution in [0.15, 0.2) is 30.3 Å². The number of hydrogen-bond acceptors (Lipinski definition) is 4. The van der Waals surface area contributed by atoms with E-state index in [4.69, 9.17) is 32.7 Å². The Labute approximate surface area is 170 Å². The molecule has 0 saturated carbocycles. The van der Waals surface area contributed by atoms with Crippen molar-refractivity contribution in [2.75, 3.05) is 34.3 Å². The molecule has 0 aliphatic heterocycles. The van der Waals surface area contributed by atoms with Crippen LogP contribution in [0.4, 0.5) is 4.39 Å². The van der Waals surface area contributed by atoms with Crippen LogP contribution in [-0.2, 0) is 13.2 Å². The van der Waals surface area contributed by atoms with Gasteiger partial charge in [-0.2, -0.15) is 0 Å². The number of ether oxygens (including phenoxy) is 2. The van der Waals surface area contributed by atoms with Crippen molar-refractivity contribution in [3.63, 3.8) is 0 Å². The van der Waals surface area contributed by atoms with Crippen molar-refractivity contribution in [1.29, 1.82) is 0 Å². The summed E-state index contributed by atoms with van der Waals surface area (Å²) >= 11 is 12.4. The van der Waals surface area contributed by atoms with E-state index < -0.39 is 0 Å². The maximum Gasteiger partial charge on any atom is 0.163 e. The minimum atomic E-state index is -0.383. The third-order valence-electron chi connectivity index (χ3n) is 4.01. The number of rotatable bonds is 10. The quantitative estimate of drug-likeness (QED) is 0.568. The van der Waals surface area contributed by atoms with E-state index in [1.807, 2.05) is 6.07 Å². The lowest BCUT2D eigenvalue weighted by atomic mass is 10.2. The molecule has 0 spiro atoms. The lowest BCUT2D eigenvalue weighted by Gasteiger charge is -2.15. The van der Waals surface area contributed by atoms with Crippen molar-refractivity contribution in [3.05, 3.63) is 57.3 Å². The third-order valence-corrected chi connectivity index (χ3v) is 4.71. The number of hydrogen-bond donors (Lipinski definition) is 1. The van der Waals surface area contributed by atoms with Gasteiger partial charge in [-0.15, -0.1) is 0 Å². The first kappa shape index (κ1) is 21.8. The summed E-state index contributed by atoms with van der Waals surface area (Å²) in [5.41, 5.74) is 1.62. The van der Waals surface area contributed by atoms with E-state index in [9.17, 15) is 4.39 Å². The van der Waals surface area contributed by atoms with E-state index in [2.05, 4.69) is 24.3 Å². The van der Waals surface area contributed by atoms with E-state index in [0.29, 0.717) is 33.7 Å². The minimum Gasteiger partial charge on any atom is -0.493 e. The molecule has 0 saturated heterocycles. The third kappa shape index (κ3) is 6.85. The van der Waals surface area contributed by atoms with Gasteiger partial charge in [0.15, 0.2) is 11.5 Å². The van der Waals surface area contributed by atoms with Gasteiger partial charge >= 0.3 is 0 Å². The predicted molar refractivity (Wildman–Crippen MR) is 109 cm³/mol. The largest absolute Gasteiger partial charge is 0.493 e. The Balaban J connectivity index is 2.00. The van der Waals surface area contributed by atoms with Crippen molar-refractivity contribution < 1.29 is 13.9 Å². The lowest BCUT2D eigenvalue weighted by molar-refractivity contribution is 0.284. The topological polar surface area (TPSA) is 33.7 Å². The number of nitrogens with one attached hydrogen (secondary N) is 1. The molecule has 0 atom stereocenters. The molecule has 0 heterocycles. The summed E-state index contributed by atoms with van der Waals surface area (Å²) in [6, 6.07) is 7.80. The van der Waals surface area contributed by atoms with Crippen LogP contribution in [0, 0.1) is 5.82 Å². The second kappa shape index (κ2) is 10.7. The molecule has 7 heteroatoms. The van der Waals surface area contributed by atoms with E-state index in [-0.39, 0.29) is 12.4 Å². The molecular formula is C20H25Cl2FN2O2. The maximum atomic E-state index is 13.1. The van der Waals surface area contributed by atoms with Crippen LogP contribution in [0.2, 0.25) is 10.0 Å². The summed E-state index contributed by atoms with van der Waals surface area (Å²) in [5, 5.41) is 4.29. The van der Waals surface area contributed by atoms with E-state index >= 15 is 0 Å². The van der Waals surface area contributed by atoms with Crippen LogP contribution < -0.4 is 14.8 Å². The Morgan fingerprint density at radius 3 is 2.44 bits per heavy atom. The molecule has 0 aliphatic rings.